The Kier molecular flexibility index (Phi) is 8.48. The Morgan fingerprint density at radius 3 is 2.29 bits per heavy atom. The molecule has 2 aromatic heterocycles. The first kappa shape index (κ1) is 26.9. The SMILES string of the molecule is CCOC(=O)c1c(NC(=O)c2c(C)c3ccccc3n2CC)sc(C(=O)OCCOc2ccccc2)c1C. The summed E-state index contributed by atoms with van der Waals surface area (Å²) in [6, 6.07) is 17.0. The van der Waals surface area contributed by atoms with Crippen molar-refractivity contribution in [2.45, 2.75) is 34.2 Å². The minimum Gasteiger partial charge on any atom is -0.490 e. The molecule has 2 heterocycles. The third-order valence-electron chi connectivity index (χ3n) is 6.12. The van der Waals surface area contributed by atoms with Crippen molar-refractivity contribution >= 4 is 45.1 Å². The highest BCUT2D eigenvalue weighted by molar-refractivity contribution is 7.18. The van der Waals surface area contributed by atoms with Crippen molar-refractivity contribution in [3.05, 3.63) is 81.9 Å². The van der Waals surface area contributed by atoms with Crippen molar-refractivity contribution in [3.63, 3.8) is 0 Å². The van der Waals surface area contributed by atoms with E-state index in [2.05, 4.69) is 5.32 Å². The lowest BCUT2D eigenvalue weighted by molar-refractivity contribution is 0.0455. The Morgan fingerprint density at radius 2 is 1.58 bits per heavy atom. The van der Waals surface area contributed by atoms with Crippen molar-refractivity contribution in [2.24, 2.45) is 0 Å². The highest BCUT2D eigenvalue weighted by Crippen LogP contribution is 2.35. The van der Waals surface area contributed by atoms with Gasteiger partial charge in [-0.15, -0.1) is 11.3 Å². The van der Waals surface area contributed by atoms with Crippen LogP contribution in [-0.2, 0) is 16.0 Å². The molecule has 0 aliphatic heterocycles. The van der Waals surface area contributed by atoms with E-state index in [9.17, 15) is 14.4 Å². The fraction of sp³-hybridized carbons (Fsp3) is 0.276. The summed E-state index contributed by atoms with van der Waals surface area (Å²) in [6.45, 7) is 8.15. The molecule has 4 rings (SSSR count). The molecule has 198 valence electrons. The number of thiophene rings is 1. The molecule has 4 aromatic rings. The maximum absolute atomic E-state index is 13.5. The molecule has 0 radical (unpaired) electrons. The van der Waals surface area contributed by atoms with Crippen LogP contribution in [0.2, 0.25) is 0 Å². The number of amides is 1. The fourth-order valence-electron chi connectivity index (χ4n) is 4.38. The molecule has 9 heteroatoms. The Morgan fingerprint density at radius 1 is 0.868 bits per heavy atom. The fourth-order valence-corrected chi connectivity index (χ4v) is 5.47. The number of rotatable bonds is 10. The van der Waals surface area contributed by atoms with Gasteiger partial charge < -0.3 is 24.1 Å². The summed E-state index contributed by atoms with van der Waals surface area (Å²) in [5, 5.41) is 4.10. The molecule has 0 atom stereocenters. The van der Waals surface area contributed by atoms with Crippen LogP contribution in [0.3, 0.4) is 0 Å². The van der Waals surface area contributed by atoms with E-state index in [1.54, 1.807) is 13.8 Å². The van der Waals surface area contributed by atoms with Crippen LogP contribution in [0, 0.1) is 13.8 Å². The number of nitrogens with zero attached hydrogens (tertiary/aromatic N) is 1. The molecule has 1 amide bonds. The predicted molar refractivity (Wildman–Crippen MR) is 148 cm³/mol. The van der Waals surface area contributed by atoms with Gasteiger partial charge in [0, 0.05) is 17.4 Å². The lowest BCUT2D eigenvalue weighted by Gasteiger charge is -2.10. The molecule has 1 N–H and O–H groups in total. The van der Waals surface area contributed by atoms with Gasteiger partial charge in [0.2, 0.25) is 0 Å². The molecular weight excluding hydrogens is 504 g/mol. The van der Waals surface area contributed by atoms with E-state index in [0.29, 0.717) is 23.6 Å². The third kappa shape index (κ3) is 5.43. The zero-order valence-corrected chi connectivity index (χ0v) is 22.6. The topological polar surface area (TPSA) is 95.9 Å². The largest absolute Gasteiger partial charge is 0.490 e. The number of aromatic nitrogens is 1. The van der Waals surface area contributed by atoms with Crippen molar-refractivity contribution in [2.75, 3.05) is 25.1 Å². The summed E-state index contributed by atoms with van der Waals surface area (Å²) in [4.78, 5) is 39.5. The summed E-state index contributed by atoms with van der Waals surface area (Å²) in [6.07, 6.45) is 0. The van der Waals surface area contributed by atoms with Gasteiger partial charge in [-0.25, -0.2) is 9.59 Å². The summed E-state index contributed by atoms with van der Waals surface area (Å²) in [7, 11) is 0. The van der Waals surface area contributed by atoms with Crippen LogP contribution in [0.4, 0.5) is 5.00 Å². The van der Waals surface area contributed by atoms with E-state index in [1.165, 1.54) is 0 Å². The van der Waals surface area contributed by atoms with E-state index < -0.39 is 11.9 Å². The first-order valence-corrected chi connectivity index (χ1v) is 13.2. The van der Waals surface area contributed by atoms with E-state index >= 15 is 0 Å². The quantitative estimate of drug-likeness (QED) is 0.198. The van der Waals surface area contributed by atoms with Crippen LogP contribution in [0.25, 0.3) is 10.9 Å². The standard InChI is InChI=1S/C29H30N2O6S/c1-5-31-22-15-11-10-14-21(22)18(3)24(31)26(32)30-27-23(28(33)35-6-2)19(4)25(38-27)29(34)37-17-16-36-20-12-8-7-9-13-20/h7-15H,5-6,16-17H2,1-4H3,(H,30,32). The number of carbonyl (C=O) groups is 3. The molecule has 0 spiro atoms. The second-order valence-electron chi connectivity index (χ2n) is 8.47. The van der Waals surface area contributed by atoms with Crippen LogP contribution in [-0.4, -0.2) is 42.2 Å². The minimum atomic E-state index is -0.615. The van der Waals surface area contributed by atoms with Crippen molar-refractivity contribution in [1.29, 1.82) is 0 Å². The van der Waals surface area contributed by atoms with E-state index in [0.717, 1.165) is 27.8 Å². The second kappa shape index (κ2) is 12.0. The summed E-state index contributed by atoms with van der Waals surface area (Å²) in [5.74, 6) is -0.918. The van der Waals surface area contributed by atoms with Gasteiger partial charge in [0.25, 0.3) is 5.91 Å². The first-order valence-electron chi connectivity index (χ1n) is 12.4. The molecule has 0 unspecified atom stereocenters. The average Bonchev–Trinajstić information content (AvgIpc) is 3.40. The molecule has 38 heavy (non-hydrogen) atoms. The molecule has 2 aromatic carbocycles. The van der Waals surface area contributed by atoms with Gasteiger partial charge in [0.15, 0.2) is 0 Å². The number of aryl methyl sites for hydroxylation is 2. The van der Waals surface area contributed by atoms with Crippen LogP contribution in [0.1, 0.15) is 55.5 Å². The van der Waals surface area contributed by atoms with Crippen LogP contribution < -0.4 is 10.1 Å². The zero-order chi connectivity index (χ0) is 27.2. The van der Waals surface area contributed by atoms with Crippen molar-refractivity contribution < 1.29 is 28.6 Å². The van der Waals surface area contributed by atoms with Crippen molar-refractivity contribution in [3.8, 4) is 5.75 Å². The Balaban J connectivity index is 1.58. The number of benzene rings is 2. The van der Waals surface area contributed by atoms with Gasteiger partial charge in [-0.2, -0.15) is 0 Å². The number of para-hydroxylation sites is 2. The lowest BCUT2D eigenvalue weighted by Crippen LogP contribution is -2.19. The Bertz CT molecular complexity index is 1470. The number of hydrogen-bond acceptors (Lipinski definition) is 7. The van der Waals surface area contributed by atoms with Crippen LogP contribution in [0.5, 0.6) is 5.75 Å². The Labute approximate surface area is 225 Å². The molecule has 0 aliphatic rings. The first-order chi connectivity index (χ1) is 18.4. The number of carbonyl (C=O) groups excluding carboxylic acids is 3. The summed E-state index contributed by atoms with van der Waals surface area (Å²) >= 11 is 0.995. The van der Waals surface area contributed by atoms with Gasteiger partial charge in [0.05, 0.1) is 12.2 Å². The van der Waals surface area contributed by atoms with Gasteiger partial charge in [-0.1, -0.05) is 36.4 Å². The molecule has 0 fully saturated rings. The van der Waals surface area contributed by atoms with Crippen LogP contribution >= 0.6 is 11.3 Å². The maximum atomic E-state index is 13.5. The highest BCUT2D eigenvalue weighted by Gasteiger charge is 2.29. The molecule has 8 nitrogen and oxygen atoms in total. The third-order valence-corrected chi connectivity index (χ3v) is 7.31. The van der Waals surface area contributed by atoms with Gasteiger partial charge in [-0.3, -0.25) is 4.79 Å². The number of anilines is 1. The number of esters is 2. The average molecular weight is 535 g/mol. The van der Waals surface area contributed by atoms with Gasteiger partial charge in [0.1, 0.15) is 34.5 Å². The lowest BCUT2D eigenvalue weighted by atomic mass is 10.1. The smallest absolute Gasteiger partial charge is 0.348 e. The van der Waals surface area contributed by atoms with Gasteiger partial charge >= 0.3 is 11.9 Å². The van der Waals surface area contributed by atoms with Gasteiger partial charge in [-0.05, 0) is 57.0 Å². The zero-order valence-electron chi connectivity index (χ0n) is 21.8. The minimum absolute atomic E-state index is 0.0251. The maximum Gasteiger partial charge on any atom is 0.348 e. The molecular formula is C29H30N2O6S. The number of ether oxygens (including phenoxy) is 3. The van der Waals surface area contributed by atoms with E-state index in [-0.39, 0.29) is 41.2 Å². The van der Waals surface area contributed by atoms with Crippen molar-refractivity contribution in [1.82, 2.24) is 4.57 Å². The second-order valence-corrected chi connectivity index (χ2v) is 9.49. The number of hydrogen-bond donors (Lipinski definition) is 1. The number of fused-ring (bicyclic) bond motifs is 1. The Hall–Kier alpha value is -4.11. The normalized spacial score (nSPS) is 10.8. The molecule has 0 saturated carbocycles. The highest BCUT2D eigenvalue weighted by atomic mass is 32.1. The van der Waals surface area contributed by atoms with Crippen LogP contribution in [0.15, 0.2) is 54.6 Å². The molecule has 0 aliphatic carbocycles. The molecule has 0 saturated heterocycles. The predicted octanol–water partition coefficient (Wildman–Crippen LogP) is 6.00. The monoisotopic (exact) mass is 534 g/mol. The summed E-state index contributed by atoms with van der Waals surface area (Å²) in [5.41, 5.74) is 2.83. The van der Waals surface area contributed by atoms with E-state index in [4.69, 9.17) is 14.2 Å². The molecule has 0 bridgehead atoms. The van der Waals surface area contributed by atoms with E-state index in [1.807, 2.05) is 73.0 Å². The number of nitrogens with one attached hydrogen (secondary N) is 1. The summed E-state index contributed by atoms with van der Waals surface area (Å²) < 4.78 is 18.1.